The summed E-state index contributed by atoms with van der Waals surface area (Å²) < 4.78 is 8.78. The van der Waals surface area contributed by atoms with Crippen molar-refractivity contribution in [2.75, 3.05) is 19.7 Å². The second kappa shape index (κ2) is 9.35. The number of hydrogen-bond acceptors (Lipinski definition) is 4. The standard InChI is InChI=1S/C21H25BrN4O2/c1-15-19(16(2)26(24-15)11-3-10-23)8-9-21(27)25-12-13-28-20(14-25)17-4-6-18(22)7-5-17/h4-7,20H,3,8-9,11-14H2,1-2H3. The highest BCUT2D eigenvalue weighted by atomic mass is 79.9. The van der Waals surface area contributed by atoms with E-state index >= 15 is 0 Å². The number of halogens is 1. The normalized spacial score (nSPS) is 16.8. The molecule has 2 aromatic rings. The predicted octanol–water partition coefficient (Wildman–Crippen LogP) is 3.71. The van der Waals surface area contributed by atoms with Gasteiger partial charge in [-0.2, -0.15) is 10.4 Å². The Hall–Kier alpha value is -2.17. The van der Waals surface area contributed by atoms with Crippen molar-refractivity contribution in [3.63, 3.8) is 0 Å². The lowest BCUT2D eigenvalue weighted by atomic mass is 10.1. The molecule has 148 valence electrons. The van der Waals surface area contributed by atoms with Crippen molar-refractivity contribution in [1.82, 2.24) is 14.7 Å². The van der Waals surface area contributed by atoms with E-state index in [1.165, 1.54) is 0 Å². The van der Waals surface area contributed by atoms with Gasteiger partial charge in [-0.25, -0.2) is 0 Å². The molecule has 1 atom stereocenters. The van der Waals surface area contributed by atoms with E-state index in [-0.39, 0.29) is 12.0 Å². The zero-order valence-corrected chi connectivity index (χ0v) is 17.9. The molecule has 0 radical (unpaired) electrons. The highest BCUT2D eigenvalue weighted by molar-refractivity contribution is 9.10. The maximum atomic E-state index is 12.8. The van der Waals surface area contributed by atoms with Gasteiger partial charge in [0.15, 0.2) is 0 Å². The average molecular weight is 445 g/mol. The number of nitriles is 1. The minimum Gasteiger partial charge on any atom is -0.370 e. The van der Waals surface area contributed by atoms with E-state index in [9.17, 15) is 4.79 Å². The zero-order chi connectivity index (χ0) is 20.1. The minimum atomic E-state index is -0.0806. The van der Waals surface area contributed by atoms with Gasteiger partial charge < -0.3 is 9.64 Å². The number of ether oxygens (including phenoxy) is 1. The van der Waals surface area contributed by atoms with Gasteiger partial charge in [0.1, 0.15) is 6.10 Å². The van der Waals surface area contributed by atoms with E-state index in [0.717, 1.165) is 27.0 Å². The molecule has 0 N–H and O–H groups in total. The molecule has 0 bridgehead atoms. The first-order valence-corrected chi connectivity index (χ1v) is 10.3. The summed E-state index contributed by atoms with van der Waals surface area (Å²) in [6.45, 7) is 6.33. The van der Waals surface area contributed by atoms with Crippen LogP contribution in [0.4, 0.5) is 0 Å². The quantitative estimate of drug-likeness (QED) is 0.680. The lowest BCUT2D eigenvalue weighted by Gasteiger charge is -2.33. The first-order valence-electron chi connectivity index (χ1n) is 9.54. The van der Waals surface area contributed by atoms with E-state index in [2.05, 4.69) is 27.1 Å². The van der Waals surface area contributed by atoms with Crippen LogP contribution in [0.2, 0.25) is 0 Å². The summed E-state index contributed by atoms with van der Waals surface area (Å²) >= 11 is 3.45. The summed E-state index contributed by atoms with van der Waals surface area (Å²) in [6.07, 6.45) is 1.48. The van der Waals surface area contributed by atoms with Crippen LogP contribution in [0.3, 0.4) is 0 Å². The Morgan fingerprint density at radius 3 is 2.82 bits per heavy atom. The van der Waals surface area contributed by atoms with Gasteiger partial charge in [-0.05, 0) is 43.5 Å². The molecule has 1 fully saturated rings. The Labute approximate surface area is 174 Å². The van der Waals surface area contributed by atoms with E-state index < -0.39 is 0 Å². The molecule has 28 heavy (non-hydrogen) atoms. The lowest BCUT2D eigenvalue weighted by molar-refractivity contribution is -0.139. The maximum absolute atomic E-state index is 12.8. The van der Waals surface area contributed by atoms with Crippen molar-refractivity contribution in [2.24, 2.45) is 0 Å². The molecule has 1 aromatic heterocycles. The average Bonchev–Trinajstić information content (AvgIpc) is 2.98. The van der Waals surface area contributed by atoms with Crippen LogP contribution in [-0.2, 0) is 22.5 Å². The van der Waals surface area contributed by atoms with Crippen LogP contribution in [0.1, 0.15) is 41.5 Å². The van der Waals surface area contributed by atoms with Crippen molar-refractivity contribution in [1.29, 1.82) is 5.26 Å². The highest BCUT2D eigenvalue weighted by Gasteiger charge is 2.25. The van der Waals surface area contributed by atoms with Crippen LogP contribution in [-0.4, -0.2) is 40.3 Å². The van der Waals surface area contributed by atoms with Gasteiger partial charge in [0.25, 0.3) is 0 Å². The molecule has 0 spiro atoms. The second-order valence-corrected chi connectivity index (χ2v) is 7.95. The number of carbonyl (C=O) groups is 1. The minimum absolute atomic E-state index is 0.0806. The summed E-state index contributed by atoms with van der Waals surface area (Å²) in [5.41, 5.74) is 4.20. The molecule has 3 rings (SSSR count). The smallest absolute Gasteiger partial charge is 0.223 e. The van der Waals surface area contributed by atoms with Gasteiger partial charge in [-0.3, -0.25) is 9.48 Å². The monoisotopic (exact) mass is 444 g/mol. The van der Waals surface area contributed by atoms with E-state index in [0.29, 0.717) is 45.5 Å². The molecular weight excluding hydrogens is 420 g/mol. The van der Waals surface area contributed by atoms with E-state index in [4.69, 9.17) is 10.00 Å². The summed E-state index contributed by atoms with van der Waals surface area (Å²) in [6, 6.07) is 10.2. The molecule has 1 unspecified atom stereocenters. The molecule has 1 aliphatic heterocycles. The van der Waals surface area contributed by atoms with Crippen LogP contribution in [0.5, 0.6) is 0 Å². The third-order valence-electron chi connectivity index (χ3n) is 5.22. The van der Waals surface area contributed by atoms with Crippen molar-refractivity contribution in [3.8, 4) is 6.07 Å². The van der Waals surface area contributed by atoms with Gasteiger partial charge in [0.05, 0.1) is 37.9 Å². The van der Waals surface area contributed by atoms with Gasteiger partial charge in [-0.15, -0.1) is 0 Å². The van der Waals surface area contributed by atoms with Gasteiger partial charge >= 0.3 is 0 Å². The molecule has 0 aliphatic carbocycles. The molecular formula is C21H25BrN4O2. The van der Waals surface area contributed by atoms with E-state index in [1.54, 1.807) is 0 Å². The van der Waals surface area contributed by atoms with Crippen LogP contribution < -0.4 is 0 Å². The van der Waals surface area contributed by atoms with Crippen molar-refractivity contribution in [2.45, 2.75) is 45.8 Å². The third-order valence-corrected chi connectivity index (χ3v) is 5.75. The Kier molecular flexibility index (Phi) is 6.87. The molecule has 1 aromatic carbocycles. The topological polar surface area (TPSA) is 71.2 Å². The highest BCUT2D eigenvalue weighted by Crippen LogP contribution is 2.24. The van der Waals surface area contributed by atoms with E-state index in [1.807, 2.05) is 47.7 Å². The fraction of sp³-hybridized carbons (Fsp3) is 0.476. The summed E-state index contributed by atoms with van der Waals surface area (Å²) in [7, 11) is 0. The SMILES string of the molecule is Cc1nn(CCC#N)c(C)c1CCC(=O)N1CCOC(c2ccc(Br)cc2)C1. The molecule has 1 saturated heterocycles. The van der Waals surface area contributed by atoms with Crippen LogP contribution in [0.15, 0.2) is 28.7 Å². The summed E-state index contributed by atoms with van der Waals surface area (Å²) in [5.74, 6) is 0.147. The number of rotatable bonds is 6. The second-order valence-electron chi connectivity index (χ2n) is 7.03. The number of amides is 1. The number of aromatic nitrogens is 2. The molecule has 1 amide bonds. The fourth-order valence-electron chi connectivity index (χ4n) is 3.61. The Morgan fingerprint density at radius 1 is 1.36 bits per heavy atom. The van der Waals surface area contributed by atoms with Crippen LogP contribution in [0, 0.1) is 25.2 Å². The Morgan fingerprint density at radius 2 is 2.11 bits per heavy atom. The van der Waals surface area contributed by atoms with Gasteiger partial charge in [0, 0.05) is 23.1 Å². The molecule has 2 heterocycles. The van der Waals surface area contributed by atoms with Crippen LogP contribution >= 0.6 is 15.9 Å². The Balaban J connectivity index is 1.60. The van der Waals surface area contributed by atoms with Gasteiger partial charge in [-0.1, -0.05) is 28.1 Å². The lowest BCUT2D eigenvalue weighted by Crippen LogP contribution is -2.42. The van der Waals surface area contributed by atoms with Crippen molar-refractivity contribution < 1.29 is 9.53 Å². The maximum Gasteiger partial charge on any atom is 0.223 e. The van der Waals surface area contributed by atoms with Crippen molar-refractivity contribution in [3.05, 3.63) is 51.3 Å². The first kappa shape index (κ1) is 20.6. The molecule has 0 saturated carbocycles. The number of nitrogens with zero attached hydrogens (tertiary/aromatic N) is 4. The summed E-state index contributed by atoms with van der Waals surface area (Å²) in [4.78, 5) is 14.7. The third kappa shape index (κ3) is 4.81. The van der Waals surface area contributed by atoms with Crippen molar-refractivity contribution >= 4 is 21.8 Å². The number of morpholine rings is 1. The number of carbonyl (C=O) groups excluding carboxylic acids is 1. The Bertz CT molecular complexity index is 870. The molecule has 1 aliphatic rings. The number of hydrogen-bond donors (Lipinski definition) is 0. The number of aryl methyl sites for hydroxylation is 2. The zero-order valence-electron chi connectivity index (χ0n) is 16.3. The van der Waals surface area contributed by atoms with Crippen LogP contribution in [0.25, 0.3) is 0 Å². The molecule has 6 nitrogen and oxygen atoms in total. The first-order chi connectivity index (χ1) is 13.5. The predicted molar refractivity (Wildman–Crippen MR) is 110 cm³/mol. The molecule has 7 heteroatoms. The largest absolute Gasteiger partial charge is 0.370 e. The summed E-state index contributed by atoms with van der Waals surface area (Å²) in [5, 5.41) is 13.3. The van der Waals surface area contributed by atoms with Gasteiger partial charge in [0.2, 0.25) is 5.91 Å². The number of benzene rings is 1. The fourth-order valence-corrected chi connectivity index (χ4v) is 3.88.